The maximum atomic E-state index is 2.31. The molecular formula is C37H30N2. The van der Waals surface area contributed by atoms with Gasteiger partial charge in [0.25, 0.3) is 0 Å². The van der Waals surface area contributed by atoms with Crippen molar-refractivity contribution in [2.45, 2.75) is 6.92 Å². The van der Waals surface area contributed by atoms with E-state index in [1.165, 1.54) is 16.7 Å². The number of rotatable bonds is 7. The predicted octanol–water partition coefficient (Wildman–Crippen LogP) is 10.6. The van der Waals surface area contributed by atoms with Gasteiger partial charge in [0.05, 0.1) is 0 Å². The number of anilines is 6. The van der Waals surface area contributed by atoms with Gasteiger partial charge in [-0.3, -0.25) is 0 Å². The summed E-state index contributed by atoms with van der Waals surface area (Å²) in [5.41, 5.74) is 10.4. The van der Waals surface area contributed by atoms with E-state index in [1.807, 2.05) is 0 Å². The molecule has 0 bridgehead atoms. The van der Waals surface area contributed by atoms with Crippen LogP contribution in [0.5, 0.6) is 0 Å². The molecule has 0 aliphatic carbocycles. The molecule has 6 aromatic carbocycles. The lowest BCUT2D eigenvalue weighted by atomic mass is 10.0. The first-order chi connectivity index (χ1) is 19.3. The van der Waals surface area contributed by atoms with Gasteiger partial charge in [-0.05, 0) is 90.8 Å². The number of hydrogen-bond donors (Lipinski definition) is 0. The van der Waals surface area contributed by atoms with E-state index in [-0.39, 0.29) is 0 Å². The fourth-order valence-corrected chi connectivity index (χ4v) is 4.97. The fraction of sp³-hybridized carbons (Fsp3) is 0.0270. The highest BCUT2D eigenvalue weighted by Gasteiger charge is 2.15. The van der Waals surface area contributed by atoms with Crippen molar-refractivity contribution in [3.63, 3.8) is 0 Å². The second-order valence-corrected chi connectivity index (χ2v) is 9.61. The topological polar surface area (TPSA) is 6.48 Å². The molecule has 0 amide bonds. The third-order valence-corrected chi connectivity index (χ3v) is 6.88. The molecule has 0 radical (unpaired) electrons. The van der Waals surface area contributed by atoms with E-state index in [0.717, 1.165) is 34.1 Å². The van der Waals surface area contributed by atoms with Gasteiger partial charge in [0.15, 0.2) is 0 Å². The Kier molecular flexibility index (Phi) is 6.92. The number of hydrogen-bond acceptors (Lipinski definition) is 2. The van der Waals surface area contributed by atoms with E-state index in [0.29, 0.717) is 0 Å². The molecule has 2 nitrogen and oxygen atoms in total. The van der Waals surface area contributed by atoms with Gasteiger partial charge in [0.1, 0.15) is 0 Å². The summed E-state index contributed by atoms with van der Waals surface area (Å²) in [6.45, 7) is 2.12. The SMILES string of the molecule is Cc1ccc(N(c2ccccc2)c2cccc(-c3cccc(N(c4ccccc4)c4ccccc4)c3)c2)cc1. The van der Waals surface area contributed by atoms with E-state index in [2.05, 4.69) is 181 Å². The molecule has 0 aliphatic rings. The zero-order valence-electron chi connectivity index (χ0n) is 22.0. The molecule has 0 saturated carbocycles. The third-order valence-electron chi connectivity index (χ3n) is 6.88. The molecule has 2 heteroatoms. The quantitative estimate of drug-likeness (QED) is 0.214. The molecular weight excluding hydrogens is 472 g/mol. The van der Waals surface area contributed by atoms with Crippen molar-refractivity contribution in [2.75, 3.05) is 9.80 Å². The largest absolute Gasteiger partial charge is 0.310 e. The van der Waals surface area contributed by atoms with Crippen molar-refractivity contribution in [2.24, 2.45) is 0 Å². The molecule has 0 fully saturated rings. The van der Waals surface area contributed by atoms with Gasteiger partial charge in [-0.1, -0.05) is 96.6 Å². The van der Waals surface area contributed by atoms with E-state index in [4.69, 9.17) is 0 Å². The van der Waals surface area contributed by atoms with E-state index in [9.17, 15) is 0 Å². The normalized spacial score (nSPS) is 10.7. The molecule has 0 unspecified atom stereocenters. The molecule has 0 heterocycles. The summed E-state index contributed by atoms with van der Waals surface area (Å²) in [5.74, 6) is 0. The molecule has 39 heavy (non-hydrogen) atoms. The molecule has 0 aromatic heterocycles. The maximum Gasteiger partial charge on any atom is 0.0467 e. The highest BCUT2D eigenvalue weighted by Crippen LogP contribution is 2.39. The number of aryl methyl sites for hydroxylation is 1. The second-order valence-electron chi connectivity index (χ2n) is 9.61. The average Bonchev–Trinajstić information content (AvgIpc) is 3.00. The Morgan fingerprint density at radius 3 is 1.03 bits per heavy atom. The molecule has 188 valence electrons. The van der Waals surface area contributed by atoms with Crippen LogP contribution in [0.3, 0.4) is 0 Å². The number of benzene rings is 6. The van der Waals surface area contributed by atoms with Crippen molar-refractivity contribution in [3.05, 3.63) is 169 Å². The Labute approximate surface area is 231 Å². The molecule has 6 aromatic rings. The Morgan fingerprint density at radius 2 is 0.641 bits per heavy atom. The van der Waals surface area contributed by atoms with Crippen molar-refractivity contribution < 1.29 is 0 Å². The van der Waals surface area contributed by atoms with Gasteiger partial charge in [0.2, 0.25) is 0 Å². The van der Waals surface area contributed by atoms with Crippen LogP contribution in [0.1, 0.15) is 5.56 Å². The molecule has 0 atom stereocenters. The van der Waals surface area contributed by atoms with Gasteiger partial charge in [-0.2, -0.15) is 0 Å². The van der Waals surface area contributed by atoms with Crippen LogP contribution in [0.15, 0.2) is 164 Å². The molecule has 0 spiro atoms. The Hall–Kier alpha value is -5.08. The lowest BCUT2D eigenvalue weighted by Crippen LogP contribution is -2.10. The minimum absolute atomic E-state index is 1.12. The first-order valence-corrected chi connectivity index (χ1v) is 13.3. The van der Waals surface area contributed by atoms with Crippen LogP contribution in [0.4, 0.5) is 34.1 Å². The Morgan fingerprint density at radius 1 is 0.308 bits per heavy atom. The van der Waals surface area contributed by atoms with Crippen LogP contribution >= 0.6 is 0 Å². The summed E-state index contributed by atoms with van der Waals surface area (Å²) in [7, 11) is 0. The lowest BCUT2D eigenvalue weighted by Gasteiger charge is -2.27. The lowest BCUT2D eigenvalue weighted by molar-refractivity contribution is 1.27. The third kappa shape index (κ3) is 5.32. The molecule has 6 rings (SSSR count). The predicted molar refractivity (Wildman–Crippen MR) is 166 cm³/mol. The molecule has 0 aliphatic heterocycles. The van der Waals surface area contributed by atoms with Gasteiger partial charge < -0.3 is 9.80 Å². The zero-order chi connectivity index (χ0) is 26.4. The van der Waals surface area contributed by atoms with E-state index >= 15 is 0 Å². The van der Waals surface area contributed by atoms with Crippen molar-refractivity contribution >= 4 is 34.1 Å². The Bertz CT molecular complexity index is 1600. The smallest absolute Gasteiger partial charge is 0.0467 e. The van der Waals surface area contributed by atoms with Crippen LogP contribution < -0.4 is 9.80 Å². The van der Waals surface area contributed by atoms with Gasteiger partial charge in [-0.15, -0.1) is 0 Å². The highest BCUT2D eigenvalue weighted by atomic mass is 15.1. The Balaban J connectivity index is 1.43. The second kappa shape index (κ2) is 11.1. The average molecular weight is 503 g/mol. The van der Waals surface area contributed by atoms with Crippen LogP contribution in [0, 0.1) is 6.92 Å². The first-order valence-electron chi connectivity index (χ1n) is 13.3. The van der Waals surface area contributed by atoms with Crippen LogP contribution in [-0.4, -0.2) is 0 Å². The number of para-hydroxylation sites is 3. The fourth-order valence-electron chi connectivity index (χ4n) is 4.97. The van der Waals surface area contributed by atoms with Gasteiger partial charge >= 0.3 is 0 Å². The first kappa shape index (κ1) is 24.3. The molecule has 0 saturated heterocycles. The summed E-state index contributed by atoms with van der Waals surface area (Å²) in [5, 5.41) is 0. The minimum Gasteiger partial charge on any atom is -0.310 e. The van der Waals surface area contributed by atoms with E-state index in [1.54, 1.807) is 0 Å². The number of nitrogens with zero attached hydrogens (tertiary/aromatic N) is 2. The van der Waals surface area contributed by atoms with Crippen LogP contribution in [0.25, 0.3) is 11.1 Å². The van der Waals surface area contributed by atoms with Crippen molar-refractivity contribution in [1.82, 2.24) is 0 Å². The summed E-state index contributed by atoms with van der Waals surface area (Å²) in [4.78, 5) is 4.61. The monoisotopic (exact) mass is 502 g/mol. The van der Waals surface area contributed by atoms with Gasteiger partial charge in [0, 0.05) is 34.1 Å². The standard InChI is InChI=1S/C37H30N2/c1-29-23-25-35(26-24-29)39(34-19-9-4-10-20-34)37-22-12-14-31(28-37)30-13-11-21-36(27-30)38(32-15-5-2-6-16-32)33-17-7-3-8-18-33/h2-28H,1H3. The summed E-state index contributed by atoms with van der Waals surface area (Å²) in [6, 6.07) is 57.9. The van der Waals surface area contributed by atoms with E-state index < -0.39 is 0 Å². The summed E-state index contributed by atoms with van der Waals surface area (Å²) in [6.07, 6.45) is 0. The van der Waals surface area contributed by atoms with Crippen molar-refractivity contribution in [1.29, 1.82) is 0 Å². The van der Waals surface area contributed by atoms with Gasteiger partial charge in [-0.25, -0.2) is 0 Å². The van der Waals surface area contributed by atoms with Crippen molar-refractivity contribution in [3.8, 4) is 11.1 Å². The summed E-state index contributed by atoms with van der Waals surface area (Å²) >= 11 is 0. The molecule has 0 N–H and O–H groups in total. The highest BCUT2D eigenvalue weighted by molar-refractivity contribution is 5.83. The van der Waals surface area contributed by atoms with Crippen LogP contribution in [0.2, 0.25) is 0 Å². The maximum absolute atomic E-state index is 2.31. The summed E-state index contributed by atoms with van der Waals surface area (Å²) < 4.78 is 0. The zero-order valence-corrected chi connectivity index (χ0v) is 22.0. The van der Waals surface area contributed by atoms with Crippen LogP contribution in [-0.2, 0) is 0 Å². The minimum atomic E-state index is 1.12.